The molecule has 1 amide bonds. The minimum absolute atomic E-state index is 0.0207. The van der Waals surface area contributed by atoms with Gasteiger partial charge in [0.25, 0.3) is 5.91 Å². The Kier molecular flexibility index (Phi) is 6.74. The third-order valence-electron chi connectivity index (χ3n) is 5.07. The maximum atomic E-state index is 13.5. The predicted octanol–water partition coefficient (Wildman–Crippen LogP) is 4.61. The maximum Gasteiger partial charge on any atom is 0.311 e. The third kappa shape index (κ3) is 5.49. The van der Waals surface area contributed by atoms with Gasteiger partial charge in [-0.15, -0.1) is 0 Å². The van der Waals surface area contributed by atoms with Gasteiger partial charge in [-0.05, 0) is 36.6 Å². The topological polar surface area (TPSA) is 72.7 Å². The van der Waals surface area contributed by atoms with Crippen LogP contribution in [0.15, 0.2) is 42.5 Å². The van der Waals surface area contributed by atoms with Crippen LogP contribution < -0.4 is 4.74 Å². The molecule has 6 nitrogen and oxygen atoms in total. The first kappa shape index (κ1) is 20.7. The molecular formula is C21H22F2N2O4. The zero-order valence-electron chi connectivity index (χ0n) is 15.9. The molecule has 0 aliphatic heterocycles. The largest absolute Gasteiger partial charge is 0.477 e. The van der Waals surface area contributed by atoms with Gasteiger partial charge in [-0.1, -0.05) is 31.4 Å². The molecule has 0 atom stereocenters. The number of carbonyl (C=O) groups excluding carboxylic acids is 1. The lowest BCUT2D eigenvalue weighted by molar-refractivity contribution is -0.385. The van der Waals surface area contributed by atoms with E-state index in [2.05, 4.69) is 0 Å². The summed E-state index contributed by atoms with van der Waals surface area (Å²) in [5.74, 6) is -1.67. The first-order valence-corrected chi connectivity index (χ1v) is 9.54. The molecule has 0 aromatic heterocycles. The number of nitrogens with zero attached hydrogens (tertiary/aromatic N) is 2. The molecule has 0 radical (unpaired) electrons. The second-order valence-electron chi connectivity index (χ2n) is 7.10. The number of ether oxygens (including phenoxy) is 1. The van der Waals surface area contributed by atoms with E-state index in [1.807, 2.05) is 0 Å². The van der Waals surface area contributed by atoms with E-state index in [0.29, 0.717) is 6.54 Å². The van der Waals surface area contributed by atoms with Crippen LogP contribution in [0.1, 0.15) is 37.7 Å². The van der Waals surface area contributed by atoms with Crippen molar-refractivity contribution >= 4 is 11.6 Å². The van der Waals surface area contributed by atoms with Crippen molar-refractivity contribution in [2.75, 3.05) is 6.61 Å². The molecule has 2 aromatic carbocycles. The van der Waals surface area contributed by atoms with E-state index in [-0.39, 0.29) is 23.5 Å². The van der Waals surface area contributed by atoms with E-state index >= 15 is 0 Å². The smallest absolute Gasteiger partial charge is 0.311 e. The lowest BCUT2D eigenvalue weighted by Gasteiger charge is -2.34. The van der Waals surface area contributed by atoms with Gasteiger partial charge < -0.3 is 9.64 Å². The van der Waals surface area contributed by atoms with Gasteiger partial charge in [0.05, 0.1) is 4.92 Å². The Labute approximate surface area is 167 Å². The van der Waals surface area contributed by atoms with Crippen LogP contribution in [0.25, 0.3) is 0 Å². The van der Waals surface area contributed by atoms with Gasteiger partial charge in [-0.3, -0.25) is 14.9 Å². The summed E-state index contributed by atoms with van der Waals surface area (Å²) < 4.78 is 32.0. The lowest BCUT2D eigenvalue weighted by atomic mass is 9.93. The summed E-state index contributed by atoms with van der Waals surface area (Å²) in [6.07, 6.45) is 4.84. The van der Waals surface area contributed by atoms with Gasteiger partial charge in [-0.25, -0.2) is 8.78 Å². The Morgan fingerprint density at radius 1 is 1.07 bits per heavy atom. The molecule has 8 heteroatoms. The maximum absolute atomic E-state index is 13.5. The van der Waals surface area contributed by atoms with Crippen LogP contribution in [-0.2, 0) is 11.3 Å². The minimum Gasteiger partial charge on any atom is -0.477 e. The van der Waals surface area contributed by atoms with Crippen LogP contribution >= 0.6 is 0 Å². The summed E-state index contributed by atoms with van der Waals surface area (Å²) in [5, 5.41) is 11.1. The van der Waals surface area contributed by atoms with Gasteiger partial charge in [0.1, 0.15) is 11.6 Å². The molecule has 0 saturated heterocycles. The number of halogens is 2. The first-order valence-electron chi connectivity index (χ1n) is 9.54. The molecule has 154 valence electrons. The highest BCUT2D eigenvalue weighted by atomic mass is 19.1. The van der Waals surface area contributed by atoms with E-state index in [1.165, 1.54) is 12.1 Å². The molecule has 29 heavy (non-hydrogen) atoms. The van der Waals surface area contributed by atoms with Crippen molar-refractivity contribution in [3.63, 3.8) is 0 Å². The zero-order chi connectivity index (χ0) is 20.8. The molecule has 3 rings (SSSR count). The molecule has 0 spiro atoms. The molecule has 0 bridgehead atoms. The summed E-state index contributed by atoms with van der Waals surface area (Å²) in [6, 6.07) is 8.82. The van der Waals surface area contributed by atoms with Crippen LogP contribution in [0.5, 0.6) is 5.75 Å². The molecule has 0 unspecified atom stereocenters. The zero-order valence-corrected chi connectivity index (χ0v) is 15.9. The molecular weight excluding hydrogens is 382 g/mol. The predicted molar refractivity (Wildman–Crippen MR) is 102 cm³/mol. The van der Waals surface area contributed by atoms with Crippen molar-refractivity contribution in [1.82, 2.24) is 4.90 Å². The Balaban J connectivity index is 1.75. The fourth-order valence-corrected chi connectivity index (χ4v) is 3.58. The summed E-state index contributed by atoms with van der Waals surface area (Å²) >= 11 is 0. The summed E-state index contributed by atoms with van der Waals surface area (Å²) in [4.78, 5) is 25.0. The number of hydrogen-bond donors (Lipinski definition) is 0. The Morgan fingerprint density at radius 2 is 1.72 bits per heavy atom. The van der Waals surface area contributed by atoms with Crippen molar-refractivity contribution in [3.8, 4) is 5.75 Å². The molecule has 1 saturated carbocycles. The van der Waals surface area contributed by atoms with Crippen molar-refractivity contribution in [2.24, 2.45) is 0 Å². The van der Waals surface area contributed by atoms with Crippen LogP contribution in [0.2, 0.25) is 0 Å². The van der Waals surface area contributed by atoms with E-state index in [0.717, 1.165) is 55.9 Å². The Morgan fingerprint density at radius 3 is 2.38 bits per heavy atom. The number of hydrogen-bond acceptors (Lipinski definition) is 4. The summed E-state index contributed by atoms with van der Waals surface area (Å²) in [6.45, 7) is -0.152. The minimum atomic E-state index is -0.687. The van der Waals surface area contributed by atoms with E-state index in [4.69, 9.17) is 4.74 Å². The van der Waals surface area contributed by atoms with Crippen molar-refractivity contribution < 1.29 is 23.2 Å². The number of nitro groups is 1. The average molecular weight is 404 g/mol. The number of benzene rings is 2. The van der Waals surface area contributed by atoms with Crippen molar-refractivity contribution in [1.29, 1.82) is 0 Å². The number of carbonyl (C=O) groups is 1. The van der Waals surface area contributed by atoms with E-state index < -0.39 is 23.0 Å². The monoisotopic (exact) mass is 404 g/mol. The molecule has 2 aromatic rings. The van der Waals surface area contributed by atoms with Gasteiger partial charge >= 0.3 is 5.69 Å². The van der Waals surface area contributed by atoms with Gasteiger partial charge in [0, 0.05) is 24.7 Å². The number of nitro benzene ring substituents is 1. The second-order valence-corrected chi connectivity index (χ2v) is 7.10. The normalized spacial score (nSPS) is 14.4. The Bertz CT molecular complexity index is 867. The van der Waals surface area contributed by atoms with Gasteiger partial charge in [-0.2, -0.15) is 0 Å². The SMILES string of the molecule is O=C(COc1cc(F)ccc1[N+](=O)[O-])N(Cc1ccc(F)cc1)C1CCCCC1. The summed E-state index contributed by atoms with van der Waals surface area (Å²) in [5.41, 5.74) is 0.379. The van der Waals surface area contributed by atoms with Gasteiger partial charge in [0.2, 0.25) is 5.75 Å². The van der Waals surface area contributed by atoms with Crippen molar-refractivity contribution in [2.45, 2.75) is 44.7 Å². The van der Waals surface area contributed by atoms with Crippen LogP contribution in [0.3, 0.4) is 0 Å². The molecule has 0 N–H and O–H groups in total. The molecule has 1 aliphatic carbocycles. The second kappa shape index (κ2) is 9.45. The van der Waals surface area contributed by atoms with Crippen LogP contribution in [0, 0.1) is 21.7 Å². The fraction of sp³-hybridized carbons (Fsp3) is 0.381. The number of rotatable bonds is 7. The summed E-state index contributed by atoms with van der Waals surface area (Å²) in [7, 11) is 0. The quantitative estimate of drug-likeness (QED) is 0.499. The van der Waals surface area contributed by atoms with Crippen LogP contribution in [0.4, 0.5) is 14.5 Å². The molecule has 0 heterocycles. The third-order valence-corrected chi connectivity index (χ3v) is 5.07. The average Bonchev–Trinajstić information content (AvgIpc) is 2.72. The molecule has 1 fully saturated rings. The van der Waals surface area contributed by atoms with E-state index in [9.17, 15) is 23.7 Å². The first-order chi connectivity index (χ1) is 13.9. The number of amides is 1. The highest BCUT2D eigenvalue weighted by molar-refractivity contribution is 5.78. The van der Waals surface area contributed by atoms with Crippen LogP contribution in [-0.4, -0.2) is 28.4 Å². The molecule has 1 aliphatic rings. The highest BCUT2D eigenvalue weighted by Gasteiger charge is 2.27. The van der Waals surface area contributed by atoms with Crippen molar-refractivity contribution in [3.05, 3.63) is 69.8 Å². The lowest BCUT2D eigenvalue weighted by Crippen LogP contribution is -2.43. The van der Waals surface area contributed by atoms with E-state index in [1.54, 1.807) is 17.0 Å². The highest BCUT2D eigenvalue weighted by Crippen LogP contribution is 2.28. The Hall–Kier alpha value is -3.03. The standard InChI is InChI=1S/C21H22F2N2O4/c22-16-8-6-15(7-9-16)13-24(18-4-2-1-3-5-18)21(26)14-29-20-12-17(23)10-11-19(20)25(27)28/h6-12,18H,1-5,13-14H2. The van der Waals surface area contributed by atoms with Gasteiger partial charge in [0.15, 0.2) is 6.61 Å². The fourth-order valence-electron chi connectivity index (χ4n) is 3.58.